The summed E-state index contributed by atoms with van der Waals surface area (Å²) in [6.45, 7) is 0. The molecule has 0 unspecified atom stereocenters. The molecule has 80 valence electrons. The summed E-state index contributed by atoms with van der Waals surface area (Å²) >= 11 is 0. The molecular formula is C11H10BNO3. The first-order valence-electron chi connectivity index (χ1n) is 4.82. The van der Waals surface area contributed by atoms with Crippen molar-refractivity contribution >= 4 is 18.5 Å². The Balaban J connectivity index is 2.28. The van der Waals surface area contributed by atoms with Crippen molar-refractivity contribution in [1.82, 2.24) is 4.57 Å². The summed E-state index contributed by atoms with van der Waals surface area (Å²) < 4.78 is 1.32. The summed E-state index contributed by atoms with van der Waals surface area (Å²) in [5, 5.41) is 17.8. The lowest BCUT2D eigenvalue weighted by atomic mass is 9.83. The number of benzene rings is 1. The molecule has 0 bridgehead atoms. The SMILES string of the molecule is O=C(c1ccccc1)n1ccc(B(O)O)c1. The molecule has 0 atom stereocenters. The largest absolute Gasteiger partial charge is 0.490 e. The highest BCUT2D eigenvalue weighted by molar-refractivity contribution is 6.58. The third-order valence-corrected chi connectivity index (χ3v) is 2.27. The van der Waals surface area contributed by atoms with E-state index in [-0.39, 0.29) is 5.91 Å². The Kier molecular flexibility index (Phi) is 2.89. The van der Waals surface area contributed by atoms with Gasteiger partial charge in [0, 0.05) is 23.4 Å². The van der Waals surface area contributed by atoms with Crippen LogP contribution in [0.25, 0.3) is 0 Å². The Hall–Kier alpha value is -1.85. The van der Waals surface area contributed by atoms with Crippen molar-refractivity contribution in [2.45, 2.75) is 0 Å². The first-order chi connectivity index (χ1) is 7.68. The molecule has 2 aromatic rings. The van der Waals surface area contributed by atoms with Gasteiger partial charge in [-0.25, -0.2) is 0 Å². The maximum Gasteiger partial charge on any atom is 0.490 e. The first-order valence-corrected chi connectivity index (χ1v) is 4.82. The molecule has 4 nitrogen and oxygen atoms in total. The zero-order valence-electron chi connectivity index (χ0n) is 8.45. The fourth-order valence-electron chi connectivity index (χ4n) is 1.42. The molecule has 1 aromatic carbocycles. The van der Waals surface area contributed by atoms with Crippen LogP contribution in [0.4, 0.5) is 0 Å². The van der Waals surface area contributed by atoms with E-state index in [1.165, 1.54) is 23.0 Å². The van der Waals surface area contributed by atoms with Crippen LogP contribution in [0.5, 0.6) is 0 Å². The van der Waals surface area contributed by atoms with E-state index in [4.69, 9.17) is 10.0 Å². The van der Waals surface area contributed by atoms with E-state index in [1.54, 1.807) is 24.3 Å². The molecule has 0 aliphatic carbocycles. The molecule has 0 radical (unpaired) electrons. The minimum atomic E-state index is -1.55. The van der Waals surface area contributed by atoms with Crippen molar-refractivity contribution in [2.75, 3.05) is 0 Å². The highest BCUT2D eigenvalue weighted by atomic mass is 16.4. The summed E-state index contributed by atoms with van der Waals surface area (Å²) in [6.07, 6.45) is 2.91. The summed E-state index contributed by atoms with van der Waals surface area (Å²) in [6, 6.07) is 10.3. The second kappa shape index (κ2) is 4.34. The van der Waals surface area contributed by atoms with Crippen LogP contribution in [0.3, 0.4) is 0 Å². The van der Waals surface area contributed by atoms with Gasteiger partial charge in [0.05, 0.1) is 0 Å². The summed E-state index contributed by atoms with van der Waals surface area (Å²) in [7, 11) is -1.55. The van der Waals surface area contributed by atoms with Crippen molar-refractivity contribution in [3.8, 4) is 0 Å². The van der Waals surface area contributed by atoms with Crippen LogP contribution in [-0.4, -0.2) is 27.6 Å². The maximum absolute atomic E-state index is 11.9. The normalized spacial score (nSPS) is 10.1. The lowest BCUT2D eigenvalue weighted by Crippen LogP contribution is -2.28. The van der Waals surface area contributed by atoms with E-state index in [0.717, 1.165) is 0 Å². The standard InChI is InChI=1S/C11H10BNO3/c14-11(9-4-2-1-3-5-9)13-7-6-10(8-13)12(15)16/h1-8,15-16H. The minimum Gasteiger partial charge on any atom is -0.423 e. The lowest BCUT2D eigenvalue weighted by molar-refractivity contribution is 0.0960. The topological polar surface area (TPSA) is 62.5 Å². The molecular weight excluding hydrogens is 205 g/mol. The predicted molar refractivity (Wildman–Crippen MR) is 60.4 cm³/mol. The van der Waals surface area contributed by atoms with Gasteiger partial charge >= 0.3 is 7.12 Å². The van der Waals surface area contributed by atoms with Crippen LogP contribution in [0.1, 0.15) is 10.4 Å². The number of nitrogens with zero attached hydrogens (tertiary/aromatic N) is 1. The Labute approximate surface area is 92.9 Å². The van der Waals surface area contributed by atoms with Gasteiger partial charge in [-0.15, -0.1) is 0 Å². The number of hydrogen-bond acceptors (Lipinski definition) is 3. The summed E-state index contributed by atoms with van der Waals surface area (Å²) in [4.78, 5) is 11.9. The van der Waals surface area contributed by atoms with Gasteiger partial charge in [0.25, 0.3) is 5.91 Å². The maximum atomic E-state index is 11.9. The van der Waals surface area contributed by atoms with Gasteiger partial charge in [0.15, 0.2) is 0 Å². The molecule has 2 N–H and O–H groups in total. The Bertz CT molecular complexity index is 493. The lowest BCUT2D eigenvalue weighted by Gasteiger charge is -2.00. The Morgan fingerprint density at radius 2 is 1.81 bits per heavy atom. The minimum absolute atomic E-state index is 0.201. The van der Waals surface area contributed by atoms with Gasteiger partial charge in [-0.05, 0) is 18.2 Å². The number of rotatable bonds is 2. The predicted octanol–water partition coefficient (Wildman–Crippen LogP) is -0.144. The van der Waals surface area contributed by atoms with E-state index in [1.807, 2.05) is 6.07 Å². The third kappa shape index (κ3) is 2.05. The average molecular weight is 215 g/mol. The molecule has 0 spiro atoms. The van der Waals surface area contributed by atoms with Crippen molar-refractivity contribution in [3.05, 3.63) is 54.4 Å². The van der Waals surface area contributed by atoms with Crippen LogP contribution in [0.2, 0.25) is 0 Å². The van der Waals surface area contributed by atoms with E-state index >= 15 is 0 Å². The molecule has 1 heterocycles. The molecule has 0 saturated carbocycles. The molecule has 0 fully saturated rings. The monoisotopic (exact) mass is 215 g/mol. The van der Waals surface area contributed by atoms with Crippen molar-refractivity contribution in [3.63, 3.8) is 0 Å². The van der Waals surface area contributed by atoms with Gasteiger partial charge < -0.3 is 10.0 Å². The second-order valence-corrected chi connectivity index (χ2v) is 3.40. The van der Waals surface area contributed by atoms with E-state index in [9.17, 15) is 4.79 Å². The van der Waals surface area contributed by atoms with Gasteiger partial charge in [0.2, 0.25) is 0 Å². The van der Waals surface area contributed by atoms with Crippen LogP contribution in [0.15, 0.2) is 48.8 Å². The number of carbonyl (C=O) groups excluding carboxylic acids is 1. The Morgan fingerprint density at radius 3 is 2.38 bits per heavy atom. The smallest absolute Gasteiger partial charge is 0.423 e. The van der Waals surface area contributed by atoms with Gasteiger partial charge in [0.1, 0.15) is 0 Å². The highest BCUT2D eigenvalue weighted by Gasteiger charge is 2.14. The van der Waals surface area contributed by atoms with Gasteiger partial charge in [-0.1, -0.05) is 18.2 Å². The van der Waals surface area contributed by atoms with Crippen LogP contribution < -0.4 is 5.46 Å². The van der Waals surface area contributed by atoms with Gasteiger partial charge in [-0.3, -0.25) is 9.36 Å². The van der Waals surface area contributed by atoms with Gasteiger partial charge in [-0.2, -0.15) is 0 Å². The van der Waals surface area contributed by atoms with Crippen molar-refractivity contribution in [2.24, 2.45) is 0 Å². The first kappa shape index (κ1) is 10.7. The highest BCUT2D eigenvalue weighted by Crippen LogP contribution is 2.02. The van der Waals surface area contributed by atoms with Crippen LogP contribution >= 0.6 is 0 Å². The molecule has 0 aliphatic rings. The molecule has 16 heavy (non-hydrogen) atoms. The van der Waals surface area contributed by atoms with E-state index in [2.05, 4.69) is 0 Å². The summed E-state index contributed by atoms with van der Waals surface area (Å²) in [5.74, 6) is -0.201. The third-order valence-electron chi connectivity index (χ3n) is 2.27. The number of aromatic nitrogens is 1. The van der Waals surface area contributed by atoms with Crippen LogP contribution in [0, 0.1) is 0 Å². The fraction of sp³-hybridized carbons (Fsp3) is 0. The van der Waals surface area contributed by atoms with E-state index in [0.29, 0.717) is 11.0 Å². The van der Waals surface area contributed by atoms with Crippen LogP contribution in [-0.2, 0) is 0 Å². The molecule has 0 saturated heterocycles. The number of hydrogen-bond donors (Lipinski definition) is 2. The van der Waals surface area contributed by atoms with Crippen molar-refractivity contribution < 1.29 is 14.8 Å². The number of carbonyl (C=O) groups is 1. The zero-order chi connectivity index (χ0) is 11.5. The fourth-order valence-corrected chi connectivity index (χ4v) is 1.42. The average Bonchev–Trinajstić information content (AvgIpc) is 2.78. The molecule has 0 aliphatic heterocycles. The van der Waals surface area contributed by atoms with E-state index < -0.39 is 7.12 Å². The molecule has 5 heteroatoms. The Morgan fingerprint density at radius 1 is 1.12 bits per heavy atom. The zero-order valence-corrected chi connectivity index (χ0v) is 8.45. The second-order valence-electron chi connectivity index (χ2n) is 3.40. The molecule has 2 rings (SSSR count). The summed E-state index contributed by atoms with van der Waals surface area (Å²) in [5.41, 5.74) is 0.848. The molecule has 0 amide bonds. The molecule has 1 aromatic heterocycles. The quantitative estimate of drug-likeness (QED) is 0.685. The van der Waals surface area contributed by atoms with Crippen molar-refractivity contribution in [1.29, 1.82) is 0 Å².